The van der Waals surface area contributed by atoms with Crippen molar-refractivity contribution in [3.63, 3.8) is 0 Å². The number of carbonyl (C=O) groups is 1. The normalized spacial score (nSPS) is 18.5. The fourth-order valence-corrected chi connectivity index (χ4v) is 5.06. The van der Waals surface area contributed by atoms with Crippen LogP contribution >= 0.6 is 31.9 Å². The number of nitrogens with one attached hydrogen (secondary N) is 2. The largest absolute Gasteiger partial charge is 0.494 e. The predicted molar refractivity (Wildman–Crippen MR) is 160 cm³/mol. The number of rotatable bonds is 12. The van der Waals surface area contributed by atoms with Crippen LogP contribution < -0.4 is 15.6 Å². The highest BCUT2D eigenvalue weighted by atomic mass is 79.9. The molecule has 3 aromatic carbocycles. The van der Waals surface area contributed by atoms with Gasteiger partial charge in [-0.05, 0) is 53.9 Å². The summed E-state index contributed by atoms with van der Waals surface area (Å²) in [6.45, 7) is 5.28. The monoisotopic (exact) mass is 657 g/mol. The third-order valence-electron chi connectivity index (χ3n) is 6.32. The summed E-state index contributed by atoms with van der Waals surface area (Å²) in [4.78, 5) is 19.1. The molecule has 0 radical (unpaired) electrons. The molecule has 4 rings (SSSR count). The van der Waals surface area contributed by atoms with Crippen molar-refractivity contribution in [3.05, 3.63) is 98.4 Å². The van der Waals surface area contributed by atoms with Gasteiger partial charge < -0.3 is 14.6 Å². The minimum absolute atomic E-state index is 0.0771. The zero-order valence-electron chi connectivity index (χ0n) is 22.0. The zero-order chi connectivity index (χ0) is 27.8. The Kier molecular flexibility index (Phi) is 10.2. The van der Waals surface area contributed by atoms with Gasteiger partial charge in [0.2, 0.25) is 5.90 Å². The molecule has 39 heavy (non-hydrogen) atoms. The zero-order valence-corrected chi connectivity index (χ0v) is 25.2. The molecule has 2 atom stereocenters. The van der Waals surface area contributed by atoms with Crippen LogP contribution in [0.1, 0.15) is 43.1 Å². The maximum atomic E-state index is 14.1. The maximum absolute atomic E-state index is 14.1. The number of benzene rings is 3. The Hall–Kier alpha value is -2.72. The average molecular weight is 659 g/mol. The van der Waals surface area contributed by atoms with E-state index in [0.717, 1.165) is 25.6 Å². The summed E-state index contributed by atoms with van der Waals surface area (Å²) >= 11 is 7.17. The second-order valence-electron chi connectivity index (χ2n) is 9.84. The molecule has 0 bridgehead atoms. The van der Waals surface area contributed by atoms with Crippen molar-refractivity contribution < 1.29 is 19.4 Å². The standard InChI is InChI=1S/C30H33Br2N3O4/c1-20(2)19-33-35-29(37)30(18-21-8-12-23(31)13-9-21)27(25-6-3-4-7-26(25)32)39-28(34-30)22-10-14-24(15-11-22)38-17-5-16-36/h3-4,6-15,20,27,33,36H,5,16-19H2,1-2H3,(H,35,37)/t27-,30-/m0/s1. The van der Waals surface area contributed by atoms with E-state index in [4.69, 9.17) is 19.6 Å². The first-order chi connectivity index (χ1) is 18.8. The van der Waals surface area contributed by atoms with E-state index in [1.165, 1.54) is 0 Å². The number of halogens is 2. The molecule has 1 heterocycles. The number of ether oxygens (including phenoxy) is 2. The van der Waals surface area contributed by atoms with Gasteiger partial charge in [-0.1, -0.05) is 76.0 Å². The van der Waals surface area contributed by atoms with Gasteiger partial charge in [0.1, 0.15) is 5.75 Å². The van der Waals surface area contributed by atoms with E-state index in [1.807, 2.05) is 72.8 Å². The van der Waals surface area contributed by atoms with Crippen LogP contribution in [0.15, 0.2) is 86.7 Å². The number of aliphatic imine (C=N–C) groups is 1. The van der Waals surface area contributed by atoms with E-state index >= 15 is 0 Å². The number of aliphatic hydroxyl groups is 1. The first kappa shape index (κ1) is 29.3. The van der Waals surface area contributed by atoms with Gasteiger partial charge in [-0.15, -0.1) is 0 Å². The fourth-order valence-electron chi connectivity index (χ4n) is 4.30. The Morgan fingerprint density at radius 3 is 2.46 bits per heavy atom. The first-order valence-corrected chi connectivity index (χ1v) is 14.5. The van der Waals surface area contributed by atoms with Crippen LogP contribution in [0.5, 0.6) is 5.75 Å². The number of hydrogen-bond donors (Lipinski definition) is 3. The number of carbonyl (C=O) groups excluding carboxylic acids is 1. The molecular weight excluding hydrogens is 626 g/mol. The van der Waals surface area contributed by atoms with E-state index in [2.05, 4.69) is 56.6 Å². The van der Waals surface area contributed by atoms with Crippen molar-refractivity contribution in [1.82, 2.24) is 10.9 Å². The number of hydrogen-bond acceptors (Lipinski definition) is 6. The van der Waals surface area contributed by atoms with Crippen molar-refractivity contribution >= 4 is 43.7 Å². The van der Waals surface area contributed by atoms with Gasteiger partial charge in [0.15, 0.2) is 11.6 Å². The van der Waals surface area contributed by atoms with Crippen LogP contribution in [-0.2, 0) is 16.0 Å². The molecule has 9 heteroatoms. The van der Waals surface area contributed by atoms with E-state index in [1.54, 1.807) is 0 Å². The van der Waals surface area contributed by atoms with Gasteiger partial charge in [-0.3, -0.25) is 10.2 Å². The molecule has 7 nitrogen and oxygen atoms in total. The molecule has 0 saturated carbocycles. The number of aliphatic hydroxyl groups excluding tert-OH is 1. The van der Waals surface area contributed by atoms with Crippen molar-refractivity contribution in [2.75, 3.05) is 19.8 Å². The summed E-state index contributed by atoms with van der Waals surface area (Å²) < 4.78 is 14.0. The molecule has 0 aliphatic carbocycles. The number of hydrazine groups is 1. The highest BCUT2D eigenvalue weighted by Crippen LogP contribution is 2.44. The first-order valence-electron chi connectivity index (χ1n) is 12.9. The molecule has 3 aromatic rings. The van der Waals surface area contributed by atoms with Crippen LogP contribution in [0, 0.1) is 5.92 Å². The van der Waals surface area contributed by atoms with Crippen LogP contribution in [0.2, 0.25) is 0 Å². The molecule has 1 amide bonds. The number of nitrogens with zero attached hydrogens (tertiary/aromatic N) is 1. The molecule has 206 valence electrons. The van der Waals surface area contributed by atoms with E-state index in [9.17, 15) is 4.79 Å². The molecule has 0 aromatic heterocycles. The highest BCUT2D eigenvalue weighted by molar-refractivity contribution is 9.10. The van der Waals surface area contributed by atoms with Gasteiger partial charge >= 0.3 is 0 Å². The lowest BCUT2D eigenvalue weighted by Crippen LogP contribution is -2.54. The van der Waals surface area contributed by atoms with E-state index in [-0.39, 0.29) is 12.5 Å². The van der Waals surface area contributed by atoms with Crippen LogP contribution in [0.3, 0.4) is 0 Å². The molecular formula is C30H33Br2N3O4. The molecule has 0 spiro atoms. The Labute approximate surface area is 246 Å². The summed E-state index contributed by atoms with van der Waals surface area (Å²) in [7, 11) is 0. The smallest absolute Gasteiger partial charge is 0.266 e. The van der Waals surface area contributed by atoms with Crippen molar-refractivity contribution in [3.8, 4) is 5.75 Å². The van der Waals surface area contributed by atoms with Gasteiger partial charge in [-0.25, -0.2) is 10.4 Å². The summed E-state index contributed by atoms with van der Waals surface area (Å²) in [6, 6.07) is 23.1. The summed E-state index contributed by atoms with van der Waals surface area (Å²) in [5.41, 5.74) is 7.23. The average Bonchev–Trinajstić information content (AvgIpc) is 3.31. The van der Waals surface area contributed by atoms with Crippen LogP contribution in [0.25, 0.3) is 0 Å². The summed E-state index contributed by atoms with van der Waals surface area (Å²) in [5.74, 6) is 1.15. The van der Waals surface area contributed by atoms with Crippen LogP contribution in [-0.4, -0.2) is 42.2 Å². The SMILES string of the molecule is CC(C)CNNC(=O)[C@@]1(Cc2ccc(Br)cc2)N=C(c2ccc(OCCCO)cc2)O[C@H]1c1ccccc1Br. The molecule has 1 aliphatic heterocycles. The van der Waals surface area contributed by atoms with E-state index < -0.39 is 11.6 Å². The Morgan fingerprint density at radius 2 is 1.79 bits per heavy atom. The minimum Gasteiger partial charge on any atom is -0.494 e. The topological polar surface area (TPSA) is 92.2 Å². The molecule has 0 saturated heterocycles. The second-order valence-corrected chi connectivity index (χ2v) is 11.6. The lowest BCUT2D eigenvalue weighted by atomic mass is 9.82. The molecule has 3 N–H and O–H groups in total. The Morgan fingerprint density at radius 1 is 1.08 bits per heavy atom. The second kappa shape index (κ2) is 13.6. The minimum atomic E-state index is -1.28. The van der Waals surface area contributed by atoms with Crippen molar-refractivity contribution in [2.24, 2.45) is 10.9 Å². The van der Waals surface area contributed by atoms with Gasteiger partial charge in [0, 0.05) is 46.1 Å². The Balaban J connectivity index is 1.76. The van der Waals surface area contributed by atoms with Gasteiger partial charge in [-0.2, -0.15) is 0 Å². The van der Waals surface area contributed by atoms with E-state index in [0.29, 0.717) is 43.6 Å². The predicted octanol–water partition coefficient (Wildman–Crippen LogP) is 5.75. The molecule has 0 unspecified atom stereocenters. The maximum Gasteiger partial charge on any atom is 0.266 e. The van der Waals surface area contributed by atoms with Crippen molar-refractivity contribution in [2.45, 2.75) is 38.3 Å². The third kappa shape index (κ3) is 7.28. The Bertz CT molecular complexity index is 1280. The fraction of sp³-hybridized carbons (Fsp3) is 0.333. The lowest BCUT2D eigenvalue weighted by Gasteiger charge is -2.31. The van der Waals surface area contributed by atoms with Gasteiger partial charge in [0.05, 0.1) is 6.61 Å². The summed E-state index contributed by atoms with van der Waals surface area (Å²) in [6.07, 6.45) is 0.199. The quantitative estimate of drug-likeness (QED) is 0.170. The summed E-state index contributed by atoms with van der Waals surface area (Å²) in [5, 5.41) is 9.01. The lowest BCUT2D eigenvalue weighted by molar-refractivity contribution is -0.130. The van der Waals surface area contributed by atoms with Crippen molar-refractivity contribution in [1.29, 1.82) is 0 Å². The number of amides is 1. The van der Waals surface area contributed by atoms with Gasteiger partial charge in [0.25, 0.3) is 5.91 Å². The van der Waals surface area contributed by atoms with Crippen LogP contribution in [0.4, 0.5) is 0 Å². The third-order valence-corrected chi connectivity index (χ3v) is 7.57. The molecule has 0 fully saturated rings. The molecule has 1 aliphatic rings. The highest BCUT2D eigenvalue weighted by Gasteiger charge is 2.53.